The molecular weight excluding hydrogens is 135 g/mol. The first kappa shape index (κ1) is 6.19. The topological polar surface area (TPSA) is 76.0 Å². The third-order valence-corrected chi connectivity index (χ3v) is 1.62. The van der Waals surface area contributed by atoms with Crippen LogP contribution in [0.25, 0.3) is 0 Å². The second-order valence-electron chi connectivity index (χ2n) is 1.32. The Kier molecular flexibility index (Phi) is 1.38. The highest BCUT2D eigenvalue weighted by atomic mass is 31.2. The lowest BCUT2D eigenvalue weighted by Crippen LogP contribution is -2.05. The van der Waals surface area contributed by atoms with Crippen LogP contribution in [-0.2, 0) is 13.6 Å². The summed E-state index contributed by atoms with van der Waals surface area (Å²) in [7, 11) is -3.85. The molecule has 6 heteroatoms. The summed E-state index contributed by atoms with van der Waals surface area (Å²) in [5.41, 5.74) is 0. The fourth-order valence-electron chi connectivity index (χ4n) is 0.373. The minimum atomic E-state index is -3.85. The Morgan fingerprint density at radius 2 is 2.38 bits per heavy atom. The zero-order valence-electron chi connectivity index (χ0n) is 3.85. The molecule has 1 aliphatic rings. The summed E-state index contributed by atoms with van der Waals surface area (Å²) in [6.45, 7) is -0.228. The van der Waals surface area contributed by atoms with Crippen LogP contribution in [0.5, 0.6) is 0 Å². The lowest BCUT2D eigenvalue weighted by atomic mass is 10.7. The lowest BCUT2D eigenvalue weighted by molar-refractivity contribution is -0.00284. The molecule has 5 nitrogen and oxygen atoms in total. The fraction of sp³-hybridized carbons (Fsp3) is 1.00. The molecule has 0 radical (unpaired) electrons. The molecule has 1 aliphatic heterocycles. The zero-order chi connectivity index (χ0) is 6.20. The van der Waals surface area contributed by atoms with Crippen molar-refractivity contribution >= 4 is 7.82 Å². The van der Waals surface area contributed by atoms with E-state index in [0.717, 1.165) is 0 Å². The number of hydrogen-bond donors (Lipinski definition) is 2. The van der Waals surface area contributed by atoms with Gasteiger partial charge in [0.15, 0.2) is 6.29 Å². The summed E-state index contributed by atoms with van der Waals surface area (Å²) in [5.74, 6) is 0. The van der Waals surface area contributed by atoms with Crippen molar-refractivity contribution in [2.24, 2.45) is 0 Å². The van der Waals surface area contributed by atoms with Gasteiger partial charge in [-0.1, -0.05) is 0 Å². The Bertz CT molecular complexity index is 132. The summed E-state index contributed by atoms with van der Waals surface area (Å²) < 4.78 is 18.3. The molecule has 2 N–H and O–H groups in total. The van der Waals surface area contributed by atoms with Crippen molar-refractivity contribution in [3.8, 4) is 0 Å². The molecule has 2 atom stereocenters. The summed E-state index contributed by atoms with van der Waals surface area (Å²) in [5, 5.41) is 8.39. The third kappa shape index (κ3) is 1.27. The first-order valence-electron chi connectivity index (χ1n) is 1.94. The number of phosphoric ester groups is 1. The van der Waals surface area contributed by atoms with E-state index in [0.29, 0.717) is 0 Å². The van der Waals surface area contributed by atoms with Gasteiger partial charge in [0.1, 0.15) is 6.61 Å². The maximum absolute atomic E-state index is 10.2. The van der Waals surface area contributed by atoms with Crippen molar-refractivity contribution < 1.29 is 23.6 Å². The highest BCUT2D eigenvalue weighted by Gasteiger charge is 2.33. The van der Waals surface area contributed by atoms with Gasteiger partial charge >= 0.3 is 7.82 Å². The largest absolute Gasteiger partial charge is 0.474 e. The van der Waals surface area contributed by atoms with Gasteiger partial charge in [0, 0.05) is 0 Å². The monoisotopic (exact) mass is 140 g/mol. The Hall–Kier alpha value is 0.0700. The quantitative estimate of drug-likeness (QED) is 0.441. The van der Waals surface area contributed by atoms with Crippen LogP contribution < -0.4 is 0 Å². The minimum absolute atomic E-state index is 0.228. The predicted octanol–water partition coefficient (Wildman–Crippen LogP) is -0.548. The maximum atomic E-state index is 10.2. The molecule has 1 rings (SSSR count). The number of aliphatic hydroxyl groups excluding tert-OH is 1. The van der Waals surface area contributed by atoms with Gasteiger partial charge in [0.05, 0.1) is 0 Å². The molecule has 8 heavy (non-hydrogen) atoms. The number of phosphoric acid groups is 1. The van der Waals surface area contributed by atoms with E-state index in [9.17, 15) is 4.57 Å². The maximum Gasteiger partial charge on any atom is 0.474 e. The highest BCUT2D eigenvalue weighted by molar-refractivity contribution is 7.47. The van der Waals surface area contributed by atoms with Gasteiger partial charge in [-0.3, -0.25) is 9.05 Å². The van der Waals surface area contributed by atoms with Crippen LogP contribution in [0.15, 0.2) is 0 Å². The Balaban J connectivity index is 2.57. The molecule has 0 aromatic rings. The SMILES string of the molecule is O=P1(O)OCC(O)O1. The first-order valence-corrected chi connectivity index (χ1v) is 3.43. The van der Waals surface area contributed by atoms with Gasteiger partial charge in [-0.15, -0.1) is 0 Å². The van der Waals surface area contributed by atoms with E-state index in [1.54, 1.807) is 0 Å². The highest BCUT2D eigenvalue weighted by Crippen LogP contribution is 2.48. The van der Waals surface area contributed by atoms with Crippen LogP contribution in [0.4, 0.5) is 0 Å². The molecule has 0 saturated carbocycles. The van der Waals surface area contributed by atoms with E-state index in [1.807, 2.05) is 0 Å². The van der Waals surface area contributed by atoms with Gasteiger partial charge in [-0.05, 0) is 0 Å². The standard InChI is InChI=1S/C2H5O5P/c3-2-1-6-8(4,5)7-2/h2-3H,1H2,(H,4,5). The molecule has 0 aliphatic carbocycles. The van der Waals surface area contributed by atoms with Crippen molar-refractivity contribution in [1.82, 2.24) is 0 Å². The number of aliphatic hydroxyl groups is 1. The van der Waals surface area contributed by atoms with E-state index < -0.39 is 14.1 Å². The summed E-state index contributed by atoms with van der Waals surface area (Å²) in [6.07, 6.45) is -1.24. The molecular formula is C2H5O5P. The molecule has 0 amide bonds. The molecule has 1 saturated heterocycles. The normalized spacial score (nSPS) is 47.5. The molecule has 48 valence electrons. The smallest absolute Gasteiger partial charge is 0.366 e. The average Bonchev–Trinajstić information content (AvgIpc) is 1.82. The number of hydrogen-bond acceptors (Lipinski definition) is 4. The Labute approximate surface area is 45.5 Å². The average molecular weight is 140 g/mol. The van der Waals surface area contributed by atoms with Crippen LogP contribution in [0, 0.1) is 0 Å². The van der Waals surface area contributed by atoms with Crippen molar-refractivity contribution in [2.45, 2.75) is 6.29 Å². The minimum Gasteiger partial charge on any atom is -0.366 e. The Morgan fingerprint density at radius 1 is 1.75 bits per heavy atom. The van der Waals surface area contributed by atoms with Crippen LogP contribution >= 0.6 is 7.82 Å². The summed E-state index contributed by atoms with van der Waals surface area (Å²) in [4.78, 5) is 8.32. The second-order valence-corrected chi connectivity index (χ2v) is 2.73. The first-order chi connectivity index (χ1) is 3.60. The van der Waals surface area contributed by atoms with Crippen LogP contribution in [-0.4, -0.2) is 22.9 Å². The van der Waals surface area contributed by atoms with E-state index in [4.69, 9.17) is 10.00 Å². The number of rotatable bonds is 0. The van der Waals surface area contributed by atoms with E-state index in [1.165, 1.54) is 0 Å². The Morgan fingerprint density at radius 3 is 2.50 bits per heavy atom. The van der Waals surface area contributed by atoms with Gasteiger partial charge in [-0.25, -0.2) is 4.57 Å². The third-order valence-electron chi connectivity index (χ3n) is 0.635. The van der Waals surface area contributed by atoms with Crippen molar-refractivity contribution in [3.05, 3.63) is 0 Å². The van der Waals surface area contributed by atoms with Crippen molar-refractivity contribution in [3.63, 3.8) is 0 Å². The van der Waals surface area contributed by atoms with Gasteiger partial charge in [0.2, 0.25) is 0 Å². The lowest BCUT2D eigenvalue weighted by Gasteiger charge is -1.96. The fourth-order valence-corrected chi connectivity index (χ4v) is 1.12. The van der Waals surface area contributed by atoms with E-state index in [2.05, 4.69) is 9.05 Å². The van der Waals surface area contributed by atoms with Gasteiger partial charge < -0.3 is 10.00 Å². The van der Waals surface area contributed by atoms with E-state index >= 15 is 0 Å². The van der Waals surface area contributed by atoms with Crippen LogP contribution in [0.3, 0.4) is 0 Å². The summed E-state index contributed by atoms with van der Waals surface area (Å²) >= 11 is 0. The van der Waals surface area contributed by atoms with Gasteiger partial charge in [0.25, 0.3) is 0 Å². The van der Waals surface area contributed by atoms with Crippen LogP contribution in [0.1, 0.15) is 0 Å². The van der Waals surface area contributed by atoms with Crippen molar-refractivity contribution in [2.75, 3.05) is 6.61 Å². The van der Waals surface area contributed by atoms with Crippen molar-refractivity contribution in [1.29, 1.82) is 0 Å². The van der Waals surface area contributed by atoms with E-state index in [-0.39, 0.29) is 6.61 Å². The molecule has 1 fully saturated rings. The van der Waals surface area contributed by atoms with Crippen LogP contribution in [0.2, 0.25) is 0 Å². The van der Waals surface area contributed by atoms with Gasteiger partial charge in [-0.2, -0.15) is 0 Å². The molecule has 0 aromatic heterocycles. The molecule has 2 unspecified atom stereocenters. The second kappa shape index (κ2) is 1.79. The molecule has 0 bridgehead atoms. The molecule has 0 aromatic carbocycles. The predicted molar refractivity (Wildman–Crippen MR) is 22.9 cm³/mol. The molecule has 0 spiro atoms. The zero-order valence-corrected chi connectivity index (χ0v) is 4.75. The summed E-state index contributed by atoms with van der Waals surface area (Å²) in [6, 6.07) is 0. The molecule has 1 heterocycles.